The minimum Gasteiger partial charge on any atom is -0.493 e. The Hall–Kier alpha value is -4.72. The van der Waals surface area contributed by atoms with Gasteiger partial charge in [0.05, 0.1) is 25.4 Å². The third-order valence-electron chi connectivity index (χ3n) is 4.99. The zero-order chi connectivity index (χ0) is 26.4. The van der Waals surface area contributed by atoms with Gasteiger partial charge in [-0.1, -0.05) is 30.0 Å². The largest absolute Gasteiger partial charge is 0.493 e. The van der Waals surface area contributed by atoms with Crippen molar-refractivity contribution in [3.8, 4) is 17.2 Å². The summed E-state index contributed by atoms with van der Waals surface area (Å²) in [6.45, 7) is -0.336. The fraction of sp³-hybridized carbons (Fsp3) is 0.174. The number of hydrogen-bond donors (Lipinski definition) is 2. The molecule has 2 aromatic carbocycles. The lowest BCUT2D eigenvalue weighted by atomic mass is 10.2. The summed E-state index contributed by atoms with van der Waals surface area (Å²) in [7, 11) is 1.38. The first-order valence-electron chi connectivity index (χ1n) is 10.8. The number of benzene rings is 2. The number of aromatic nitrogens is 3. The van der Waals surface area contributed by atoms with Crippen molar-refractivity contribution in [2.75, 3.05) is 7.11 Å². The number of esters is 1. The topological polar surface area (TPSA) is 163 Å². The summed E-state index contributed by atoms with van der Waals surface area (Å²) >= 11 is 0.730. The lowest BCUT2D eigenvalue weighted by molar-refractivity contribution is -0.136. The molecule has 0 radical (unpaired) electrons. The SMILES string of the molecule is COc1cc(/C=N/NC(=O)Cn2ncn(-c3ccccc3)c2=O)ccc1OC(=O)C[C@@H]1SC(=O)NC1=O. The summed E-state index contributed by atoms with van der Waals surface area (Å²) < 4.78 is 12.8. The first kappa shape index (κ1) is 25.4. The summed E-state index contributed by atoms with van der Waals surface area (Å²) in [4.78, 5) is 59.7. The molecule has 0 unspecified atom stereocenters. The van der Waals surface area contributed by atoms with Crippen LogP contribution in [0, 0.1) is 0 Å². The monoisotopic (exact) mass is 524 g/mol. The van der Waals surface area contributed by atoms with Crippen molar-refractivity contribution in [1.29, 1.82) is 0 Å². The molecule has 0 bridgehead atoms. The van der Waals surface area contributed by atoms with Crippen molar-refractivity contribution in [2.45, 2.75) is 18.2 Å². The molecular formula is C23H20N6O7S. The molecule has 1 atom stereocenters. The van der Waals surface area contributed by atoms with Gasteiger partial charge in [-0.25, -0.2) is 19.5 Å². The first-order chi connectivity index (χ1) is 17.8. The molecule has 190 valence electrons. The number of hydrogen-bond acceptors (Lipinski definition) is 10. The van der Waals surface area contributed by atoms with Crippen molar-refractivity contribution >= 4 is 41.0 Å². The number of para-hydroxylation sites is 1. The van der Waals surface area contributed by atoms with Gasteiger partial charge < -0.3 is 9.47 Å². The van der Waals surface area contributed by atoms with Crippen LogP contribution in [0.1, 0.15) is 12.0 Å². The zero-order valence-electron chi connectivity index (χ0n) is 19.3. The van der Waals surface area contributed by atoms with Gasteiger partial charge in [0.1, 0.15) is 18.1 Å². The minimum atomic E-state index is -0.844. The Balaban J connectivity index is 1.33. The van der Waals surface area contributed by atoms with Crippen LogP contribution in [0.5, 0.6) is 11.5 Å². The van der Waals surface area contributed by atoms with Gasteiger partial charge in [0, 0.05) is 0 Å². The van der Waals surface area contributed by atoms with Gasteiger partial charge in [-0.2, -0.15) is 10.2 Å². The Kier molecular flexibility index (Phi) is 7.78. The van der Waals surface area contributed by atoms with Crippen molar-refractivity contribution in [3.63, 3.8) is 0 Å². The van der Waals surface area contributed by atoms with E-state index in [4.69, 9.17) is 9.47 Å². The fourth-order valence-electron chi connectivity index (χ4n) is 3.25. The second-order valence-electron chi connectivity index (χ2n) is 7.54. The van der Waals surface area contributed by atoms with Gasteiger partial charge in [0.25, 0.3) is 11.1 Å². The van der Waals surface area contributed by atoms with Crippen LogP contribution in [0.2, 0.25) is 0 Å². The molecule has 14 heteroatoms. The zero-order valence-corrected chi connectivity index (χ0v) is 20.1. The van der Waals surface area contributed by atoms with E-state index < -0.39 is 34.0 Å². The molecule has 37 heavy (non-hydrogen) atoms. The van der Waals surface area contributed by atoms with Gasteiger partial charge in [-0.15, -0.1) is 0 Å². The van der Waals surface area contributed by atoms with Crippen LogP contribution in [0.25, 0.3) is 5.69 Å². The Bertz CT molecular complexity index is 1430. The number of amides is 3. The average Bonchev–Trinajstić information content (AvgIpc) is 3.40. The number of carbonyl (C=O) groups excluding carboxylic acids is 4. The summed E-state index contributed by atoms with van der Waals surface area (Å²) in [5.74, 6) is -1.50. The highest BCUT2D eigenvalue weighted by Gasteiger charge is 2.34. The van der Waals surface area contributed by atoms with E-state index in [2.05, 4.69) is 20.9 Å². The van der Waals surface area contributed by atoms with E-state index in [-0.39, 0.29) is 24.5 Å². The number of nitrogens with one attached hydrogen (secondary N) is 2. The van der Waals surface area contributed by atoms with E-state index in [1.165, 1.54) is 36.4 Å². The van der Waals surface area contributed by atoms with Crippen molar-refractivity contribution in [3.05, 3.63) is 70.9 Å². The molecule has 0 spiro atoms. The minimum absolute atomic E-state index is 0.108. The Morgan fingerprint density at radius 3 is 2.65 bits per heavy atom. The fourth-order valence-corrected chi connectivity index (χ4v) is 4.06. The maximum atomic E-state index is 12.5. The molecule has 0 saturated carbocycles. The van der Waals surface area contributed by atoms with Crippen LogP contribution >= 0.6 is 11.8 Å². The Morgan fingerprint density at radius 1 is 1.16 bits per heavy atom. The molecule has 1 aliphatic heterocycles. The number of carbonyl (C=O) groups is 4. The predicted molar refractivity (Wildman–Crippen MR) is 132 cm³/mol. The third-order valence-corrected chi connectivity index (χ3v) is 5.98. The highest BCUT2D eigenvalue weighted by Crippen LogP contribution is 2.29. The molecule has 2 N–H and O–H groups in total. The van der Waals surface area contributed by atoms with Crippen LogP contribution in [-0.2, 0) is 20.9 Å². The maximum Gasteiger partial charge on any atom is 0.350 e. The van der Waals surface area contributed by atoms with Gasteiger partial charge >= 0.3 is 11.7 Å². The standard InChI is InChI=1S/C23H20N6O7S/c1-35-17-9-14(7-8-16(17)36-20(31)10-18-21(32)26-22(33)37-18)11-24-27-19(30)12-29-23(34)28(13-25-29)15-5-3-2-4-6-15/h2-9,11,13,18H,10,12H2,1H3,(H,27,30)(H,26,32,33)/b24-11+/t18-/m0/s1. The van der Waals surface area contributed by atoms with Crippen LogP contribution < -0.4 is 25.9 Å². The molecule has 4 rings (SSSR count). The lowest BCUT2D eigenvalue weighted by Gasteiger charge is -2.10. The number of methoxy groups -OCH3 is 1. The normalized spacial score (nSPS) is 15.0. The molecule has 3 aromatic rings. The third kappa shape index (κ3) is 6.29. The molecule has 1 aromatic heterocycles. The van der Waals surface area contributed by atoms with E-state index >= 15 is 0 Å². The molecule has 1 aliphatic rings. The molecule has 1 saturated heterocycles. The Labute approximate surface area is 213 Å². The van der Waals surface area contributed by atoms with Gasteiger partial charge in [-0.05, 0) is 35.9 Å². The van der Waals surface area contributed by atoms with E-state index in [9.17, 15) is 24.0 Å². The van der Waals surface area contributed by atoms with Gasteiger partial charge in [0.15, 0.2) is 11.5 Å². The molecule has 1 fully saturated rings. The molecule has 13 nitrogen and oxygen atoms in total. The quantitative estimate of drug-likeness (QED) is 0.179. The number of hydrazone groups is 1. The van der Waals surface area contributed by atoms with E-state index in [0.717, 1.165) is 16.4 Å². The summed E-state index contributed by atoms with van der Waals surface area (Å²) in [5, 5.41) is 8.57. The van der Waals surface area contributed by atoms with Crippen LogP contribution in [0.4, 0.5) is 4.79 Å². The van der Waals surface area contributed by atoms with Crippen molar-refractivity contribution in [2.24, 2.45) is 5.10 Å². The summed E-state index contributed by atoms with van der Waals surface area (Å²) in [6.07, 6.45) is 2.38. The molecule has 3 amide bonds. The smallest absolute Gasteiger partial charge is 0.350 e. The second kappa shape index (κ2) is 11.3. The first-order valence-corrected chi connectivity index (χ1v) is 11.6. The maximum absolute atomic E-state index is 12.5. The number of thioether (sulfide) groups is 1. The van der Waals surface area contributed by atoms with Crippen LogP contribution in [-0.4, -0.2) is 55.9 Å². The number of rotatable bonds is 9. The average molecular weight is 525 g/mol. The Morgan fingerprint density at radius 2 is 1.95 bits per heavy atom. The lowest BCUT2D eigenvalue weighted by Crippen LogP contribution is -2.31. The number of nitrogens with zero attached hydrogens (tertiary/aromatic N) is 4. The number of ether oxygens (including phenoxy) is 2. The number of imide groups is 1. The van der Waals surface area contributed by atoms with Crippen molar-refractivity contribution < 1.29 is 28.7 Å². The van der Waals surface area contributed by atoms with Crippen LogP contribution in [0.3, 0.4) is 0 Å². The van der Waals surface area contributed by atoms with E-state index in [1.807, 2.05) is 6.07 Å². The van der Waals surface area contributed by atoms with Crippen molar-refractivity contribution in [1.82, 2.24) is 25.1 Å². The molecular weight excluding hydrogens is 504 g/mol. The van der Waals surface area contributed by atoms with E-state index in [0.29, 0.717) is 11.3 Å². The molecule has 0 aliphatic carbocycles. The van der Waals surface area contributed by atoms with E-state index in [1.54, 1.807) is 30.3 Å². The summed E-state index contributed by atoms with van der Waals surface area (Å²) in [6, 6.07) is 13.4. The highest BCUT2D eigenvalue weighted by molar-refractivity contribution is 8.15. The van der Waals surface area contributed by atoms with Crippen LogP contribution in [0.15, 0.2) is 64.8 Å². The summed E-state index contributed by atoms with van der Waals surface area (Å²) in [5.41, 5.74) is 2.98. The van der Waals surface area contributed by atoms with Gasteiger partial charge in [0.2, 0.25) is 5.91 Å². The molecule has 2 heterocycles. The second-order valence-corrected chi connectivity index (χ2v) is 8.72. The highest BCUT2D eigenvalue weighted by atomic mass is 32.2. The predicted octanol–water partition coefficient (Wildman–Crippen LogP) is 0.840. The van der Waals surface area contributed by atoms with Gasteiger partial charge in [-0.3, -0.25) is 24.5 Å².